The molecule has 3 aromatic rings. The van der Waals surface area contributed by atoms with Crippen molar-refractivity contribution in [3.63, 3.8) is 0 Å². The molecule has 2 heterocycles. The lowest BCUT2D eigenvalue weighted by Gasteiger charge is -2.26. The summed E-state index contributed by atoms with van der Waals surface area (Å²) in [5.41, 5.74) is 0.646. The van der Waals surface area contributed by atoms with E-state index in [4.69, 9.17) is 21.1 Å². The van der Waals surface area contributed by atoms with E-state index in [0.717, 1.165) is 0 Å². The van der Waals surface area contributed by atoms with Gasteiger partial charge in [0, 0.05) is 17.3 Å². The first-order valence-electron chi connectivity index (χ1n) is 9.24. The summed E-state index contributed by atoms with van der Waals surface area (Å²) in [6, 6.07) is 14.5. The number of hydrogen-bond donors (Lipinski definition) is 1. The third-order valence-corrected chi connectivity index (χ3v) is 5.50. The van der Waals surface area contributed by atoms with Crippen molar-refractivity contribution in [3.05, 3.63) is 72.0 Å². The molecule has 0 spiro atoms. The Kier molecular flexibility index (Phi) is 6.25. The first kappa shape index (κ1) is 20.3. The molecule has 1 aromatic heterocycles. The zero-order valence-corrected chi connectivity index (χ0v) is 17.5. The number of halogens is 1. The van der Waals surface area contributed by atoms with Gasteiger partial charge in [0.25, 0.3) is 0 Å². The second-order valence-electron chi connectivity index (χ2n) is 6.45. The number of amides is 1. The van der Waals surface area contributed by atoms with Crippen LogP contribution in [0.3, 0.4) is 0 Å². The molecule has 1 N–H and O–H groups in total. The van der Waals surface area contributed by atoms with E-state index in [1.165, 1.54) is 11.8 Å². The van der Waals surface area contributed by atoms with Crippen LogP contribution in [0, 0.1) is 0 Å². The third-order valence-electron chi connectivity index (χ3n) is 4.29. The van der Waals surface area contributed by atoms with Gasteiger partial charge in [0.1, 0.15) is 6.61 Å². The summed E-state index contributed by atoms with van der Waals surface area (Å²) in [5.74, 6) is 2.00. The number of aromatic nitrogens is 3. The summed E-state index contributed by atoms with van der Waals surface area (Å²) in [5, 5.41) is 12.5. The quantitative estimate of drug-likeness (QED) is 0.432. The lowest BCUT2D eigenvalue weighted by molar-refractivity contribution is -0.113. The van der Waals surface area contributed by atoms with Gasteiger partial charge in [-0.1, -0.05) is 47.6 Å². The van der Waals surface area contributed by atoms with Crippen molar-refractivity contribution in [2.75, 3.05) is 17.7 Å². The maximum absolute atomic E-state index is 12.3. The van der Waals surface area contributed by atoms with E-state index >= 15 is 0 Å². The zero-order chi connectivity index (χ0) is 20.9. The van der Waals surface area contributed by atoms with Crippen LogP contribution < -0.4 is 14.8 Å². The molecule has 7 nitrogen and oxygen atoms in total. The van der Waals surface area contributed by atoms with Crippen molar-refractivity contribution >= 4 is 35.0 Å². The lowest BCUT2D eigenvalue weighted by atomic mass is 10.2. The molecule has 1 aliphatic rings. The number of anilines is 1. The average Bonchev–Trinajstić information content (AvgIpc) is 3.15. The number of nitrogens with zero attached hydrogens (tertiary/aromatic N) is 3. The van der Waals surface area contributed by atoms with Crippen LogP contribution in [0.5, 0.6) is 11.5 Å². The number of thioether (sulfide) groups is 1. The van der Waals surface area contributed by atoms with E-state index in [1.807, 2.05) is 28.8 Å². The van der Waals surface area contributed by atoms with E-state index in [2.05, 4.69) is 22.1 Å². The topological polar surface area (TPSA) is 78.3 Å². The number of carbonyl (C=O) groups excluding carboxylic acids is 1. The minimum absolute atomic E-state index is 0.164. The number of carbonyl (C=O) groups is 1. The van der Waals surface area contributed by atoms with Crippen LogP contribution in [-0.4, -0.2) is 33.0 Å². The Morgan fingerprint density at radius 3 is 2.90 bits per heavy atom. The van der Waals surface area contributed by atoms with Gasteiger partial charge in [-0.25, -0.2) is 0 Å². The van der Waals surface area contributed by atoms with Crippen LogP contribution in [0.4, 0.5) is 5.69 Å². The highest BCUT2D eigenvalue weighted by atomic mass is 35.5. The first-order chi connectivity index (χ1) is 14.6. The van der Waals surface area contributed by atoms with Crippen molar-refractivity contribution < 1.29 is 14.3 Å². The lowest BCUT2D eigenvalue weighted by Crippen LogP contribution is -2.25. The highest BCUT2D eigenvalue weighted by Gasteiger charge is 2.28. The van der Waals surface area contributed by atoms with Crippen molar-refractivity contribution in [2.24, 2.45) is 0 Å². The van der Waals surface area contributed by atoms with Gasteiger partial charge in [0.15, 0.2) is 28.6 Å². The maximum Gasteiger partial charge on any atom is 0.234 e. The first-order valence-corrected chi connectivity index (χ1v) is 10.6. The van der Waals surface area contributed by atoms with Gasteiger partial charge in [-0.2, -0.15) is 0 Å². The molecule has 154 valence electrons. The van der Waals surface area contributed by atoms with Gasteiger partial charge >= 0.3 is 0 Å². The van der Waals surface area contributed by atoms with Crippen LogP contribution in [-0.2, 0) is 11.3 Å². The Bertz CT molecular complexity index is 1070. The van der Waals surface area contributed by atoms with Gasteiger partial charge in [0.05, 0.1) is 5.75 Å². The molecule has 0 radical (unpaired) electrons. The summed E-state index contributed by atoms with van der Waals surface area (Å²) < 4.78 is 13.7. The predicted octanol–water partition coefficient (Wildman–Crippen LogP) is 4.36. The van der Waals surface area contributed by atoms with E-state index in [0.29, 0.717) is 46.3 Å². The number of benzene rings is 2. The molecule has 1 amide bonds. The Hall–Kier alpha value is -2.97. The standard InChI is InChI=1S/C21H19ClN4O3S/c1-2-10-26-20(18-12-28-16-8-3-4-9-17(16)29-18)24-25-21(26)30-13-19(27)23-15-7-5-6-14(22)11-15/h2-9,11,18H,1,10,12-13H2,(H,23,27). The van der Waals surface area contributed by atoms with E-state index in [1.54, 1.807) is 30.3 Å². The average molecular weight is 443 g/mol. The molecular weight excluding hydrogens is 424 g/mol. The molecule has 1 aliphatic heterocycles. The van der Waals surface area contributed by atoms with Crippen LogP contribution in [0.15, 0.2) is 66.3 Å². The highest BCUT2D eigenvalue weighted by Crippen LogP contribution is 2.36. The Labute approximate surface area is 183 Å². The molecule has 0 bridgehead atoms. The fourth-order valence-corrected chi connectivity index (χ4v) is 3.93. The maximum atomic E-state index is 12.3. The van der Waals surface area contributed by atoms with Crippen LogP contribution in [0.25, 0.3) is 0 Å². The normalized spacial score (nSPS) is 14.9. The summed E-state index contributed by atoms with van der Waals surface area (Å²) in [6.07, 6.45) is 1.35. The molecule has 9 heteroatoms. The van der Waals surface area contributed by atoms with Gasteiger partial charge in [-0.3, -0.25) is 9.36 Å². The molecule has 30 heavy (non-hydrogen) atoms. The fourth-order valence-electron chi connectivity index (χ4n) is 2.99. The number of para-hydroxylation sites is 2. The van der Waals surface area contributed by atoms with Crippen LogP contribution >= 0.6 is 23.4 Å². The highest BCUT2D eigenvalue weighted by molar-refractivity contribution is 7.99. The van der Waals surface area contributed by atoms with Crippen LogP contribution in [0.1, 0.15) is 11.9 Å². The third kappa shape index (κ3) is 4.60. The Morgan fingerprint density at radius 1 is 1.27 bits per heavy atom. The number of hydrogen-bond acceptors (Lipinski definition) is 6. The van der Waals surface area contributed by atoms with Crippen molar-refractivity contribution in [2.45, 2.75) is 17.8 Å². The van der Waals surface area contributed by atoms with Gasteiger partial charge in [-0.05, 0) is 30.3 Å². The molecular formula is C21H19ClN4O3S. The molecule has 1 unspecified atom stereocenters. The van der Waals surface area contributed by atoms with Crippen molar-refractivity contribution in [3.8, 4) is 11.5 Å². The minimum Gasteiger partial charge on any atom is -0.485 e. The minimum atomic E-state index is -0.401. The molecule has 0 saturated carbocycles. The Balaban J connectivity index is 1.45. The van der Waals surface area contributed by atoms with Crippen LogP contribution in [0.2, 0.25) is 5.02 Å². The predicted molar refractivity (Wildman–Crippen MR) is 116 cm³/mol. The second kappa shape index (κ2) is 9.23. The van der Waals surface area contributed by atoms with Crippen molar-refractivity contribution in [1.82, 2.24) is 14.8 Å². The van der Waals surface area contributed by atoms with E-state index in [9.17, 15) is 4.79 Å². The number of allylic oxidation sites excluding steroid dienone is 1. The molecule has 0 saturated heterocycles. The van der Waals surface area contributed by atoms with E-state index in [-0.39, 0.29) is 11.7 Å². The van der Waals surface area contributed by atoms with Gasteiger partial charge < -0.3 is 14.8 Å². The summed E-state index contributed by atoms with van der Waals surface area (Å²) in [4.78, 5) is 12.3. The monoisotopic (exact) mass is 442 g/mol. The molecule has 0 aliphatic carbocycles. The van der Waals surface area contributed by atoms with Crippen molar-refractivity contribution in [1.29, 1.82) is 0 Å². The SMILES string of the molecule is C=CCn1c(SCC(=O)Nc2cccc(Cl)c2)nnc1C1COc2ccccc2O1. The second-order valence-corrected chi connectivity index (χ2v) is 7.83. The number of rotatable bonds is 7. The van der Waals surface area contributed by atoms with E-state index < -0.39 is 6.10 Å². The zero-order valence-electron chi connectivity index (χ0n) is 16.0. The molecule has 0 fully saturated rings. The smallest absolute Gasteiger partial charge is 0.234 e. The molecule has 2 aromatic carbocycles. The molecule has 1 atom stereocenters. The van der Waals surface area contributed by atoms with Gasteiger partial charge in [-0.15, -0.1) is 16.8 Å². The summed E-state index contributed by atoms with van der Waals surface area (Å²) >= 11 is 7.24. The number of nitrogens with one attached hydrogen (secondary N) is 1. The fraction of sp³-hybridized carbons (Fsp3) is 0.190. The van der Waals surface area contributed by atoms with Gasteiger partial charge in [0.2, 0.25) is 5.91 Å². The summed E-state index contributed by atoms with van der Waals surface area (Å²) in [7, 11) is 0. The molecule has 4 rings (SSSR count). The number of fused-ring (bicyclic) bond motifs is 1. The summed E-state index contributed by atoms with van der Waals surface area (Å²) in [6.45, 7) is 4.62. The number of ether oxygens (including phenoxy) is 2. The largest absolute Gasteiger partial charge is 0.485 e. The Morgan fingerprint density at radius 2 is 2.10 bits per heavy atom.